The average Bonchev–Trinajstić information content (AvgIpc) is 3.28. The lowest BCUT2D eigenvalue weighted by molar-refractivity contribution is -0.154. The first-order valence-corrected chi connectivity index (χ1v) is 12.2. The van der Waals surface area contributed by atoms with E-state index in [0.29, 0.717) is 19.4 Å². The van der Waals surface area contributed by atoms with E-state index in [4.69, 9.17) is 13.8 Å². The van der Waals surface area contributed by atoms with E-state index in [1.165, 1.54) is 4.90 Å². The van der Waals surface area contributed by atoms with Gasteiger partial charge in [0.25, 0.3) is 0 Å². The molecule has 3 rings (SSSR count). The molecule has 8 heteroatoms. The largest absolute Gasteiger partial charge is 0.459 e. The van der Waals surface area contributed by atoms with Crippen LogP contribution < -0.4 is 0 Å². The lowest BCUT2D eigenvalue weighted by Gasteiger charge is -2.25. The van der Waals surface area contributed by atoms with E-state index >= 15 is 0 Å². The van der Waals surface area contributed by atoms with Crippen LogP contribution in [0.25, 0.3) is 0 Å². The first kappa shape index (κ1) is 23.2. The van der Waals surface area contributed by atoms with Crippen LogP contribution >= 0.6 is 7.60 Å². The third-order valence-corrected chi connectivity index (χ3v) is 6.83. The van der Waals surface area contributed by atoms with Gasteiger partial charge in [0.2, 0.25) is 5.91 Å². The molecule has 2 aromatic carbocycles. The number of esters is 1. The van der Waals surface area contributed by atoms with E-state index in [-0.39, 0.29) is 19.8 Å². The summed E-state index contributed by atoms with van der Waals surface area (Å²) in [6.45, 7) is 2.49. The highest BCUT2D eigenvalue weighted by Gasteiger charge is 2.39. The second-order valence-corrected chi connectivity index (χ2v) is 9.34. The minimum Gasteiger partial charge on any atom is -0.459 e. The van der Waals surface area contributed by atoms with Crippen molar-refractivity contribution < 1.29 is 27.9 Å². The standard InChI is InChI=1S/C23H28NO6P/c1-2-29-31(27,30-17-20-12-7-4-8-13-20)18-22(25)24-15-9-14-21(24)23(26)28-16-19-10-5-3-6-11-19/h3-8,10-13,21H,2,9,14-18H2,1H3/t21-,31?/m0/s1. The van der Waals surface area contributed by atoms with Crippen LogP contribution in [0, 0.1) is 0 Å². The molecule has 1 aliphatic heterocycles. The normalized spacial score (nSPS) is 17.8. The lowest BCUT2D eigenvalue weighted by atomic mass is 10.2. The number of amides is 1. The molecule has 7 nitrogen and oxygen atoms in total. The van der Waals surface area contributed by atoms with Crippen LogP contribution in [0.1, 0.15) is 30.9 Å². The molecule has 166 valence electrons. The highest BCUT2D eigenvalue weighted by atomic mass is 31.2. The predicted molar refractivity (Wildman–Crippen MR) is 116 cm³/mol. The van der Waals surface area contributed by atoms with Gasteiger partial charge in [0, 0.05) is 6.54 Å². The fourth-order valence-electron chi connectivity index (χ4n) is 3.46. The van der Waals surface area contributed by atoms with E-state index in [1.54, 1.807) is 6.92 Å². The zero-order valence-corrected chi connectivity index (χ0v) is 18.5. The molecule has 0 saturated carbocycles. The van der Waals surface area contributed by atoms with E-state index in [9.17, 15) is 14.2 Å². The number of ether oxygens (including phenoxy) is 1. The molecule has 1 unspecified atom stereocenters. The fraction of sp³-hybridized carbons (Fsp3) is 0.391. The Morgan fingerprint density at radius 3 is 2.19 bits per heavy atom. The molecule has 0 N–H and O–H groups in total. The van der Waals surface area contributed by atoms with Crippen LogP contribution in [0.5, 0.6) is 0 Å². The summed E-state index contributed by atoms with van der Waals surface area (Å²) in [4.78, 5) is 26.9. The van der Waals surface area contributed by atoms with E-state index in [1.807, 2.05) is 60.7 Å². The van der Waals surface area contributed by atoms with Gasteiger partial charge in [-0.1, -0.05) is 60.7 Å². The van der Waals surface area contributed by atoms with E-state index in [0.717, 1.165) is 11.1 Å². The third-order valence-electron chi connectivity index (χ3n) is 4.99. The molecule has 0 aromatic heterocycles. The first-order valence-electron chi connectivity index (χ1n) is 10.4. The van der Waals surface area contributed by atoms with Gasteiger partial charge < -0.3 is 18.7 Å². The molecule has 1 heterocycles. The van der Waals surface area contributed by atoms with Crippen molar-refractivity contribution in [1.82, 2.24) is 4.90 Å². The van der Waals surface area contributed by atoms with Crippen LogP contribution in [-0.2, 0) is 41.2 Å². The number of carbonyl (C=O) groups is 2. The maximum atomic E-state index is 13.1. The molecule has 0 bridgehead atoms. The Morgan fingerprint density at radius 1 is 0.968 bits per heavy atom. The van der Waals surface area contributed by atoms with Crippen molar-refractivity contribution in [2.45, 2.75) is 39.0 Å². The van der Waals surface area contributed by atoms with Gasteiger partial charge in [0.15, 0.2) is 0 Å². The van der Waals surface area contributed by atoms with Gasteiger partial charge in [-0.15, -0.1) is 0 Å². The van der Waals surface area contributed by atoms with Crippen molar-refractivity contribution in [3.63, 3.8) is 0 Å². The quantitative estimate of drug-likeness (QED) is 0.403. The maximum Gasteiger partial charge on any atom is 0.340 e. The summed E-state index contributed by atoms with van der Waals surface area (Å²) >= 11 is 0. The summed E-state index contributed by atoms with van der Waals surface area (Å²) < 4.78 is 29.5. The van der Waals surface area contributed by atoms with Crippen LogP contribution in [0.3, 0.4) is 0 Å². The van der Waals surface area contributed by atoms with Crippen LogP contribution in [0.15, 0.2) is 60.7 Å². The van der Waals surface area contributed by atoms with E-state index in [2.05, 4.69) is 0 Å². The van der Waals surface area contributed by atoms with E-state index < -0.39 is 31.7 Å². The zero-order valence-electron chi connectivity index (χ0n) is 17.6. The molecule has 1 saturated heterocycles. The van der Waals surface area contributed by atoms with Crippen molar-refractivity contribution >= 4 is 19.5 Å². The van der Waals surface area contributed by atoms with Gasteiger partial charge in [-0.3, -0.25) is 9.36 Å². The summed E-state index contributed by atoms with van der Waals surface area (Å²) in [5.74, 6) is -0.879. The minimum atomic E-state index is -3.66. The predicted octanol–water partition coefficient (Wildman–Crippen LogP) is 4.17. The minimum absolute atomic E-state index is 0.0773. The van der Waals surface area contributed by atoms with Crippen LogP contribution in [0.4, 0.5) is 0 Å². The van der Waals surface area contributed by atoms with Gasteiger partial charge in [-0.25, -0.2) is 4.79 Å². The molecule has 31 heavy (non-hydrogen) atoms. The SMILES string of the molecule is CCOP(=O)(CC(=O)N1CCC[C@H]1C(=O)OCc1ccccc1)OCc1ccccc1. The van der Waals surface area contributed by atoms with Crippen LogP contribution in [0.2, 0.25) is 0 Å². The molecule has 0 aliphatic carbocycles. The number of hydrogen-bond acceptors (Lipinski definition) is 6. The van der Waals surface area contributed by atoms with Gasteiger partial charge >= 0.3 is 13.6 Å². The first-order chi connectivity index (χ1) is 15.0. The Hall–Kier alpha value is -2.47. The Labute approximate surface area is 182 Å². The van der Waals surface area contributed by atoms with Crippen molar-refractivity contribution in [1.29, 1.82) is 0 Å². The molecular formula is C23H28NO6P. The molecule has 2 aromatic rings. The zero-order chi connectivity index (χ0) is 22.1. The molecule has 1 amide bonds. The number of hydrogen-bond donors (Lipinski definition) is 0. The maximum absolute atomic E-state index is 13.1. The average molecular weight is 445 g/mol. The molecule has 0 spiro atoms. The Bertz CT molecular complexity index is 905. The van der Waals surface area contributed by atoms with Crippen molar-refractivity contribution in [3.05, 3.63) is 71.8 Å². The number of likely N-dealkylation sites (tertiary alicyclic amines) is 1. The van der Waals surface area contributed by atoms with Crippen LogP contribution in [-0.4, -0.2) is 42.1 Å². The Kier molecular flexibility index (Phi) is 8.41. The molecule has 0 radical (unpaired) electrons. The fourth-order valence-corrected chi connectivity index (χ4v) is 4.97. The smallest absolute Gasteiger partial charge is 0.340 e. The second kappa shape index (κ2) is 11.2. The summed E-state index contributed by atoms with van der Waals surface area (Å²) in [7, 11) is -3.66. The Morgan fingerprint density at radius 2 is 1.58 bits per heavy atom. The summed E-state index contributed by atoms with van der Waals surface area (Å²) in [5.41, 5.74) is 1.71. The third kappa shape index (κ3) is 6.76. The molecule has 2 atom stereocenters. The number of benzene rings is 2. The summed E-state index contributed by atoms with van der Waals surface area (Å²) in [6, 6.07) is 18.0. The number of nitrogens with zero attached hydrogens (tertiary/aromatic N) is 1. The highest BCUT2D eigenvalue weighted by Crippen LogP contribution is 2.49. The monoisotopic (exact) mass is 445 g/mol. The van der Waals surface area contributed by atoms with Gasteiger partial charge in [0.05, 0.1) is 13.2 Å². The molecule has 1 aliphatic rings. The second-order valence-electron chi connectivity index (χ2n) is 7.28. The summed E-state index contributed by atoms with van der Waals surface area (Å²) in [6.07, 6.45) is 0.792. The number of rotatable bonds is 10. The summed E-state index contributed by atoms with van der Waals surface area (Å²) in [5, 5.41) is 0. The van der Waals surface area contributed by atoms with Gasteiger partial charge in [-0.2, -0.15) is 0 Å². The van der Waals surface area contributed by atoms with Crippen molar-refractivity contribution in [2.75, 3.05) is 19.3 Å². The number of carbonyl (C=O) groups excluding carboxylic acids is 2. The molecule has 1 fully saturated rings. The van der Waals surface area contributed by atoms with Gasteiger partial charge in [0.1, 0.15) is 18.8 Å². The van der Waals surface area contributed by atoms with Crippen molar-refractivity contribution in [3.8, 4) is 0 Å². The molecular weight excluding hydrogens is 417 g/mol. The van der Waals surface area contributed by atoms with Crippen molar-refractivity contribution in [2.24, 2.45) is 0 Å². The Balaban J connectivity index is 1.59. The topological polar surface area (TPSA) is 82.1 Å². The van der Waals surface area contributed by atoms with Gasteiger partial charge in [-0.05, 0) is 30.9 Å². The lowest BCUT2D eigenvalue weighted by Crippen LogP contribution is -2.42. The highest BCUT2D eigenvalue weighted by molar-refractivity contribution is 7.54.